The first-order valence-electron chi connectivity index (χ1n) is 6.57. The van der Waals surface area contributed by atoms with Crippen LogP contribution in [0.4, 0.5) is 11.9 Å². The number of nitrogens with one attached hydrogen (secondary N) is 1. The number of nitrogens with zero attached hydrogens (tertiary/aromatic N) is 4. The van der Waals surface area contributed by atoms with Gasteiger partial charge in [0, 0.05) is 18.0 Å². The summed E-state index contributed by atoms with van der Waals surface area (Å²) in [5.41, 5.74) is 1.27. The Morgan fingerprint density at radius 2 is 2.00 bits per heavy atom. The van der Waals surface area contributed by atoms with Crippen molar-refractivity contribution in [2.45, 2.75) is 27.3 Å². The summed E-state index contributed by atoms with van der Waals surface area (Å²) < 4.78 is 0. The van der Waals surface area contributed by atoms with Gasteiger partial charge in [-0.05, 0) is 49.4 Å². The Labute approximate surface area is 128 Å². The van der Waals surface area contributed by atoms with Crippen LogP contribution in [0.3, 0.4) is 0 Å². The van der Waals surface area contributed by atoms with E-state index in [-0.39, 0.29) is 5.28 Å². The molecule has 2 aromatic rings. The number of anilines is 2. The van der Waals surface area contributed by atoms with Gasteiger partial charge in [0.1, 0.15) is 0 Å². The number of thiophene rings is 1. The van der Waals surface area contributed by atoms with Crippen molar-refractivity contribution >= 4 is 34.8 Å². The number of halogens is 1. The predicted molar refractivity (Wildman–Crippen MR) is 84.8 cm³/mol. The van der Waals surface area contributed by atoms with Crippen LogP contribution in [-0.4, -0.2) is 28.0 Å². The Hall–Kier alpha value is -1.40. The fourth-order valence-electron chi connectivity index (χ4n) is 1.81. The van der Waals surface area contributed by atoms with Gasteiger partial charge in [-0.1, -0.05) is 0 Å². The molecule has 20 heavy (non-hydrogen) atoms. The molecule has 0 saturated carbocycles. The Balaban J connectivity index is 2.13. The summed E-state index contributed by atoms with van der Waals surface area (Å²) in [6, 6.07) is 2.10. The van der Waals surface area contributed by atoms with E-state index in [2.05, 4.69) is 52.5 Å². The van der Waals surface area contributed by atoms with Crippen LogP contribution >= 0.6 is 22.9 Å². The van der Waals surface area contributed by atoms with E-state index in [1.807, 2.05) is 4.90 Å². The molecule has 0 bridgehead atoms. The SMILES string of the molecule is CCN(CC)c1nc(Cl)nc(NCc2sccc2C)n1. The largest absolute Gasteiger partial charge is 0.349 e. The fourth-order valence-corrected chi connectivity index (χ4v) is 2.81. The summed E-state index contributed by atoms with van der Waals surface area (Å²) in [7, 11) is 0. The number of aryl methyl sites for hydroxylation is 1. The van der Waals surface area contributed by atoms with Gasteiger partial charge in [-0.15, -0.1) is 11.3 Å². The minimum absolute atomic E-state index is 0.215. The van der Waals surface area contributed by atoms with Gasteiger partial charge < -0.3 is 10.2 Å². The summed E-state index contributed by atoms with van der Waals surface area (Å²) >= 11 is 7.69. The smallest absolute Gasteiger partial charge is 0.231 e. The van der Waals surface area contributed by atoms with Gasteiger partial charge in [0.05, 0.1) is 6.54 Å². The number of rotatable bonds is 6. The minimum atomic E-state index is 0.215. The summed E-state index contributed by atoms with van der Waals surface area (Å²) in [6.45, 7) is 8.57. The van der Waals surface area contributed by atoms with Gasteiger partial charge in [-0.25, -0.2) is 0 Å². The highest BCUT2D eigenvalue weighted by Gasteiger charge is 2.10. The lowest BCUT2D eigenvalue weighted by Crippen LogP contribution is -2.25. The Morgan fingerprint density at radius 1 is 1.25 bits per heavy atom. The van der Waals surface area contributed by atoms with Crippen molar-refractivity contribution in [1.29, 1.82) is 0 Å². The number of hydrogen-bond acceptors (Lipinski definition) is 6. The zero-order chi connectivity index (χ0) is 14.5. The second-order valence-electron chi connectivity index (χ2n) is 4.28. The van der Waals surface area contributed by atoms with E-state index in [9.17, 15) is 0 Å². The first kappa shape index (κ1) is 15.0. The van der Waals surface area contributed by atoms with E-state index < -0.39 is 0 Å². The van der Waals surface area contributed by atoms with E-state index >= 15 is 0 Å². The van der Waals surface area contributed by atoms with Crippen molar-refractivity contribution in [2.75, 3.05) is 23.3 Å². The molecule has 0 aromatic carbocycles. The van der Waals surface area contributed by atoms with Gasteiger partial charge in [0.2, 0.25) is 17.2 Å². The highest BCUT2D eigenvalue weighted by atomic mass is 35.5. The molecule has 0 amide bonds. The molecule has 0 radical (unpaired) electrons. The lowest BCUT2D eigenvalue weighted by atomic mass is 10.3. The Bertz CT molecular complexity index is 568. The van der Waals surface area contributed by atoms with Crippen LogP contribution in [0.1, 0.15) is 24.3 Å². The minimum Gasteiger partial charge on any atom is -0.349 e. The van der Waals surface area contributed by atoms with Gasteiger partial charge in [0.15, 0.2) is 0 Å². The predicted octanol–water partition coefficient (Wildman–Crippen LogP) is 3.35. The Kier molecular flexibility index (Phi) is 5.14. The molecule has 0 fully saturated rings. The molecule has 5 nitrogen and oxygen atoms in total. The monoisotopic (exact) mass is 311 g/mol. The van der Waals surface area contributed by atoms with Gasteiger partial charge in [-0.2, -0.15) is 15.0 Å². The van der Waals surface area contributed by atoms with Crippen LogP contribution in [0.25, 0.3) is 0 Å². The van der Waals surface area contributed by atoms with Crippen LogP contribution in [-0.2, 0) is 6.54 Å². The zero-order valence-electron chi connectivity index (χ0n) is 11.9. The zero-order valence-corrected chi connectivity index (χ0v) is 13.4. The molecule has 1 N–H and O–H groups in total. The summed E-state index contributed by atoms with van der Waals surface area (Å²) in [5.74, 6) is 1.13. The molecule has 2 heterocycles. The van der Waals surface area contributed by atoms with Crippen LogP contribution in [0, 0.1) is 6.92 Å². The number of hydrogen-bond donors (Lipinski definition) is 1. The third-order valence-electron chi connectivity index (χ3n) is 3.02. The van der Waals surface area contributed by atoms with E-state index in [1.54, 1.807) is 11.3 Å². The molecule has 0 aliphatic carbocycles. The van der Waals surface area contributed by atoms with E-state index in [0.717, 1.165) is 13.1 Å². The molecule has 0 spiro atoms. The quantitative estimate of drug-likeness (QED) is 0.886. The van der Waals surface area contributed by atoms with E-state index in [0.29, 0.717) is 18.4 Å². The number of aromatic nitrogens is 3. The highest BCUT2D eigenvalue weighted by molar-refractivity contribution is 7.10. The Morgan fingerprint density at radius 3 is 2.60 bits per heavy atom. The molecule has 0 atom stereocenters. The topological polar surface area (TPSA) is 53.9 Å². The third kappa shape index (κ3) is 3.58. The van der Waals surface area contributed by atoms with Crippen LogP contribution in [0.15, 0.2) is 11.4 Å². The van der Waals surface area contributed by atoms with Crippen LogP contribution in [0.2, 0.25) is 5.28 Å². The fraction of sp³-hybridized carbons (Fsp3) is 0.462. The van der Waals surface area contributed by atoms with Crippen molar-refractivity contribution in [2.24, 2.45) is 0 Å². The maximum absolute atomic E-state index is 5.97. The molecular formula is C13H18ClN5S. The van der Waals surface area contributed by atoms with Crippen molar-refractivity contribution in [3.63, 3.8) is 0 Å². The first-order chi connectivity index (χ1) is 9.63. The maximum Gasteiger partial charge on any atom is 0.231 e. The van der Waals surface area contributed by atoms with Crippen LogP contribution < -0.4 is 10.2 Å². The van der Waals surface area contributed by atoms with Crippen molar-refractivity contribution in [3.05, 3.63) is 27.2 Å². The highest BCUT2D eigenvalue weighted by Crippen LogP contribution is 2.18. The standard InChI is InChI=1S/C13H18ClN5S/c1-4-19(5-2)13-17-11(14)16-12(18-13)15-8-10-9(3)6-7-20-10/h6-7H,4-5,8H2,1-3H3,(H,15,16,17,18). The van der Waals surface area contributed by atoms with Crippen molar-refractivity contribution in [1.82, 2.24) is 15.0 Å². The van der Waals surface area contributed by atoms with Crippen molar-refractivity contribution in [3.8, 4) is 0 Å². The summed E-state index contributed by atoms with van der Waals surface area (Å²) in [6.07, 6.45) is 0. The average Bonchev–Trinajstić information content (AvgIpc) is 2.83. The molecule has 2 aromatic heterocycles. The average molecular weight is 312 g/mol. The van der Waals surface area contributed by atoms with E-state index in [1.165, 1.54) is 10.4 Å². The molecule has 108 valence electrons. The maximum atomic E-state index is 5.97. The molecule has 7 heteroatoms. The first-order valence-corrected chi connectivity index (χ1v) is 7.83. The summed E-state index contributed by atoms with van der Waals surface area (Å²) in [5, 5.41) is 5.50. The van der Waals surface area contributed by atoms with E-state index in [4.69, 9.17) is 11.6 Å². The lowest BCUT2D eigenvalue weighted by molar-refractivity contribution is 0.811. The molecular weight excluding hydrogens is 294 g/mol. The second kappa shape index (κ2) is 6.85. The molecule has 0 aliphatic heterocycles. The van der Waals surface area contributed by atoms with Gasteiger partial charge in [0.25, 0.3) is 0 Å². The molecule has 0 saturated heterocycles. The summed E-state index contributed by atoms with van der Waals surface area (Å²) in [4.78, 5) is 16.0. The third-order valence-corrected chi connectivity index (χ3v) is 4.21. The lowest BCUT2D eigenvalue weighted by Gasteiger charge is -2.18. The molecule has 2 rings (SSSR count). The van der Waals surface area contributed by atoms with Gasteiger partial charge in [-0.3, -0.25) is 0 Å². The second-order valence-corrected chi connectivity index (χ2v) is 5.62. The van der Waals surface area contributed by atoms with Gasteiger partial charge >= 0.3 is 0 Å². The normalized spacial score (nSPS) is 10.6. The molecule has 0 aliphatic rings. The van der Waals surface area contributed by atoms with Crippen molar-refractivity contribution < 1.29 is 0 Å². The molecule has 0 unspecified atom stereocenters. The van der Waals surface area contributed by atoms with Crippen LogP contribution in [0.5, 0.6) is 0 Å².